The first-order valence-electron chi connectivity index (χ1n) is 6.93. The Morgan fingerprint density at radius 2 is 1.73 bits per heavy atom. The van der Waals surface area contributed by atoms with Gasteiger partial charge in [0.2, 0.25) is 6.54 Å². The van der Waals surface area contributed by atoms with E-state index in [0.717, 1.165) is 11.1 Å². The number of hydrogen-bond donors (Lipinski definition) is 0. The summed E-state index contributed by atoms with van der Waals surface area (Å²) in [6.07, 6.45) is 0.103. The van der Waals surface area contributed by atoms with Crippen molar-refractivity contribution in [1.82, 2.24) is 0 Å². The van der Waals surface area contributed by atoms with E-state index in [1.807, 2.05) is 19.1 Å². The molecule has 0 amide bonds. The lowest BCUT2D eigenvalue weighted by Gasteiger charge is -2.13. The van der Waals surface area contributed by atoms with E-state index in [1.54, 1.807) is 36.4 Å². The minimum absolute atomic E-state index is 0.0956. The molecule has 1 atom stereocenters. The second kappa shape index (κ2) is 7.18. The van der Waals surface area contributed by atoms with E-state index in [1.165, 1.54) is 0 Å². The molecule has 1 unspecified atom stereocenters. The van der Waals surface area contributed by atoms with Crippen molar-refractivity contribution >= 4 is 17.4 Å². The third-order valence-corrected chi connectivity index (χ3v) is 3.77. The van der Waals surface area contributed by atoms with Crippen LogP contribution in [0, 0.1) is 17.0 Å². The molecule has 0 radical (unpaired) electrons. The number of carbonyl (C=O) groups excluding carboxylic acids is 1. The van der Waals surface area contributed by atoms with Crippen molar-refractivity contribution in [2.24, 2.45) is 0 Å². The van der Waals surface area contributed by atoms with E-state index in [4.69, 9.17) is 11.6 Å². The topological polar surface area (TPSA) is 60.2 Å². The maximum Gasteiger partial charge on any atom is 0.211 e. The molecule has 0 spiro atoms. The molecule has 0 saturated carbocycles. The van der Waals surface area contributed by atoms with Crippen molar-refractivity contribution in [2.45, 2.75) is 19.3 Å². The maximum absolute atomic E-state index is 12.3. The van der Waals surface area contributed by atoms with Crippen LogP contribution < -0.4 is 0 Å². The summed E-state index contributed by atoms with van der Waals surface area (Å²) in [5.41, 5.74) is 2.39. The number of rotatable bonds is 6. The fraction of sp³-hybridized carbons (Fsp3) is 0.235. The van der Waals surface area contributed by atoms with Crippen molar-refractivity contribution in [1.29, 1.82) is 0 Å². The standard InChI is InChI=1S/C17H16ClNO3/c1-12-2-4-14(5-3-12)17(20)10-15(11-19(21)22)13-6-8-16(18)9-7-13/h2-9,15H,10-11H2,1H3. The molecule has 5 heteroatoms. The van der Waals surface area contributed by atoms with Crippen LogP contribution in [0.3, 0.4) is 0 Å². The molecule has 0 aliphatic carbocycles. The van der Waals surface area contributed by atoms with Gasteiger partial charge in [0.15, 0.2) is 5.78 Å². The third-order valence-electron chi connectivity index (χ3n) is 3.52. The normalized spacial score (nSPS) is 11.9. The van der Waals surface area contributed by atoms with Crippen LogP contribution in [0.4, 0.5) is 0 Å². The van der Waals surface area contributed by atoms with Crippen molar-refractivity contribution in [3.63, 3.8) is 0 Å². The largest absolute Gasteiger partial charge is 0.294 e. The monoisotopic (exact) mass is 317 g/mol. The summed E-state index contributed by atoms with van der Waals surface area (Å²) in [5.74, 6) is -0.553. The van der Waals surface area contributed by atoms with E-state index in [-0.39, 0.29) is 23.7 Å². The second-order valence-electron chi connectivity index (χ2n) is 5.26. The number of carbonyl (C=O) groups is 1. The summed E-state index contributed by atoms with van der Waals surface area (Å²) < 4.78 is 0. The highest BCUT2D eigenvalue weighted by Gasteiger charge is 2.22. The van der Waals surface area contributed by atoms with Gasteiger partial charge in [-0.1, -0.05) is 53.6 Å². The van der Waals surface area contributed by atoms with Gasteiger partial charge in [-0.15, -0.1) is 0 Å². The first-order valence-corrected chi connectivity index (χ1v) is 7.30. The van der Waals surface area contributed by atoms with Gasteiger partial charge in [0, 0.05) is 21.9 Å². The highest BCUT2D eigenvalue weighted by molar-refractivity contribution is 6.30. The molecule has 0 bridgehead atoms. The summed E-state index contributed by atoms with van der Waals surface area (Å²) in [6, 6.07) is 14.1. The van der Waals surface area contributed by atoms with Crippen molar-refractivity contribution in [3.8, 4) is 0 Å². The summed E-state index contributed by atoms with van der Waals surface area (Å²) in [6.45, 7) is 1.66. The molecule has 2 rings (SSSR count). The fourth-order valence-electron chi connectivity index (χ4n) is 2.28. The van der Waals surface area contributed by atoms with Gasteiger partial charge in [-0.2, -0.15) is 0 Å². The number of ketones is 1. The molecule has 4 nitrogen and oxygen atoms in total. The Hall–Kier alpha value is -2.20. The Bertz CT molecular complexity index is 665. The zero-order valence-electron chi connectivity index (χ0n) is 12.2. The average molecular weight is 318 g/mol. The number of nitro groups is 1. The second-order valence-corrected chi connectivity index (χ2v) is 5.69. The zero-order valence-corrected chi connectivity index (χ0v) is 12.9. The van der Waals surface area contributed by atoms with E-state index < -0.39 is 5.92 Å². The van der Waals surface area contributed by atoms with E-state index in [9.17, 15) is 14.9 Å². The van der Waals surface area contributed by atoms with Crippen LogP contribution in [0.15, 0.2) is 48.5 Å². The maximum atomic E-state index is 12.3. The molecular weight excluding hydrogens is 302 g/mol. The SMILES string of the molecule is Cc1ccc(C(=O)CC(C[N+](=O)[O-])c2ccc(Cl)cc2)cc1. The molecular formula is C17H16ClNO3. The van der Waals surface area contributed by atoms with Gasteiger partial charge in [0.05, 0.1) is 5.92 Å². The third kappa shape index (κ3) is 4.40. The predicted octanol–water partition coefficient (Wildman–Crippen LogP) is 4.28. The van der Waals surface area contributed by atoms with Crippen molar-refractivity contribution in [3.05, 3.63) is 80.4 Å². The summed E-state index contributed by atoms with van der Waals surface area (Å²) in [4.78, 5) is 22.8. The fourth-order valence-corrected chi connectivity index (χ4v) is 2.41. The lowest BCUT2D eigenvalue weighted by atomic mass is 9.91. The molecule has 0 N–H and O–H groups in total. The molecule has 0 aliphatic heterocycles. The van der Waals surface area contributed by atoms with Gasteiger partial charge in [0.1, 0.15) is 0 Å². The molecule has 0 fully saturated rings. The molecule has 0 saturated heterocycles. The van der Waals surface area contributed by atoms with Crippen molar-refractivity contribution < 1.29 is 9.72 Å². The Balaban J connectivity index is 2.19. The highest BCUT2D eigenvalue weighted by atomic mass is 35.5. The molecule has 2 aromatic carbocycles. The number of nitrogens with zero attached hydrogens (tertiary/aromatic N) is 1. The summed E-state index contributed by atoms with van der Waals surface area (Å²) in [7, 11) is 0. The number of aryl methyl sites for hydroxylation is 1. The average Bonchev–Trinajstić information content (AvgIpc) is 2.47. The minimum Gasteiger partial charge on any atom is -0.294 e. The lowest BCUT2D eigenvalue weighted by Crippen LogP contribution is -2.16. The van der Waals surface area contributed by atoms with E-state index >= 15 is 0 Å². The van der Waals surface area contributed by atoms with Gasteiger partial charge in [-0.25, -0.2) is 0 Å². The first kappa shape index (κ1) is 16.2. The molecule has 114 valence electrons. The van der Waals surface area contributed by atoms with Crippen LogP contribution in [-0.4, -0.2) is 17.3 Å². The van der Waals surface area contributed by atoms with E-state index in [2.05, 4.69) is 0 Å². The van der Waals surface area contributed by atoms with E-state index in [0.29, 0.717) is 10.6 Å². The Kier molecular flexibility index (Phi) is 5.28. The van der Waals surface area contributed by atoms with Crippen LogP contribution in [0.5, 0.6) is 0 Å². The summed E-state index contributed by atoms with van der Waals surface area (Å²) >= 11 is 5.84. The number of Topliss-reactive ketones (excluding diaryl/α,β-unsaturated/α-hetero) is 1. The zero-order chi connectivity index (χ0) is 16.1. The predicted molar refractivity (Wildman–Crippen MR) is 86.2 cm³/mol. The van der Waals surface area contributed by atoms with Crippen molar-refractivity contribution in [2.75, 3.05) is 6.54 Å². The lowest BCUT2D eigenvalue weighted by molar-refractivity contribution is -0.483. The van der Waals surface area contributed by atoms with Crippen LogP contribution in [0.25, 0.3) is 0 Å². The van der Waals surface area contributed by atoms with Gasteiger partial charge in [-0.3, -0.25) is 14.9 Å². The van der Waals surface area contributed by atoms with Gasteiger partial charge in [0.25, 0.3) is 0 Å². The van der Waals surface area contributed by atoms with Crippen LogP contribution in [-0.2, 0) is 0 Å². The Morgan fingerprint density at radius 3 is 2.27 bits per heavy atom. The Morgan fingerprint density at radius 1 is 1.14 bits per heavy atom. The molecule has 0 aliphatic rings. The smallest absolute Gasteiger partial charge is 0.211 e. The van der Waals surface area contributed by atoms with Crippen LogP contribution >= 0.6 is 11.6 Å². The van der Waals surface area contributed by atoms with Gasteiger partial charge >= 0.3 is 0 Å². The Labute approximate surface area is 133 Å². The van der Waals surface area contributed by atoms with Crippen LogP contribution in [0.1, 0.15) is 33.8 Å². The quantitative estimate of drug-likeness (QED) is 0.454. The molecule has 0 heterocycles. The van der Waals surface area contributed by atoms with Crippen LogP contribution in [0.2, 0.25) is 5.02 Å². The molecule has 2 aromatic rings. The minimum atomic E-state index is -0.457. The number of benzene rings is 2. The highest BCUT2D eigenvalue weighted by Crippen LogP contribution is 2.24. The summed E-state index contributed by atoms with van der Waals surface area (Å²) in [5, 5.41) is 11.4. The number of hydrogen-bond acceptors (Lipinski definition) is 3. The molecule has 0 aromatic heterocycles. The first-order chi connectivity index (χ1) is 10.5. The number of halogens is 1. The van der Waals surface area contributed by atoms with Gasteiger partial charge < -0.3 is 0 Å². The van der Waals surface area contributed by atoms with Gasteiger partial charge in [-0.05, 0) is 24.6 Å². The molecule has 22 heavy (non-hydrogen) atoms.